The molecule has 0 spiro atoms. The number of hydrogen-bond acceptors (Lipinski definition) is 13. The third-order valence-corrected chi connectivity index (χ3v) is 15.5. The standard InChI is InChI=1S/C60H110N10O12/c1-18-21-22-23-24-25-27-40(10)56(80)70-29-26-28-46(70)52(76)63-45(33-38(8)32-44(73)34-43(72)20-3)51(75)62-42(12)50(74)64-47(36(4)5)53(77)65-48(37(6)7)54(78)66-49(39(9)19-2)55(79)67-60(15,16)58(82)68-59(13,14)57(81)61-41(11)35-69(17)30-31-71/h36-42,44-49,71,73H,18-35H2,1-17H3,(H,61,81)(H,62,75)(H,63,76)(H,64,74)(H,65,77)(H,66,78)(H,67,79)(H,68,82). The number of hydrogen-bond donors (Lipinski definition) is 10. The van der Waals surface area contributed by atoms with Crippen molar-refractivity contribution in [3.63, 3.8) is 0 Å². The molecule has 22 heteroatoms. The SMILES string of the molecule is CCCCCCCCC(C)C(=O)N1CCCC1C(=O)NC(CC(C)CC(O)CC(=O)CC)C(=O)NC(C)C(=O)NC(C(=O)NC(C(=O)NC(C(=O)NC(C)(C)C(=O)NC(C)(C)C(=O)NC(C)CN(C)CCO)C(C)CC)C(C)C)C(C)C. The molecule has 22 nitrogen and oxygen atoms in total. The minimum absolute atomic E-state index is 0.0330. The number of carbonyl (C=O) groups is 10. The van der Waals surface area contributed by atoms with E-state index in [1.807, 2.05) is 18.7 Å². The van der Waals surface area contributed by atoms with Crippen molar-refractivity contribution >= 4 is 58.9 Å². The zero-order valence-corrected chi connectivity index (χ0v) is 53.1. The van der Waals surface area contributed by atoms with Gasteiger partial charge in [0.05, 0.1) is 12.7 Å². The summed E-state index contributed by atoms with van der Waals surface area (Å²) in [6.07, 6.45) is 8.09. The Morgan fingerprint density at radius 2 is 1.18 bits per heavy atom. The summed E-state index contributed by atoms with van der Waals surface area (Å²) in [6, 6.07) is -7.17. The van der Waals surface area contributed by atoms with Gasteiger partial charge in [0.25, 0.3) is 0 Å². The zero-order valence-electron chi connectivity index (χ0n) is 53.1. The number of likely N-dealkylation sites (N-methyl/N-ethyl adjacent to an activating group) is 1. The van der Waals surface area contributed by atoms with Crippen LogP contribution in [0.2, 0.25) is 0 Å². The molecule has 1 heterocycles. The van der Waals surface area contributed by atoms with E-state index in [1.54, 1.807) is 67.3 Å². The van der Waals surface area contributed by atoms with E-state index in [-0.39, 0.29) is 61.9 Å². The van der Waals surface area contributed by atoms with E-state index in [9.17, 15) is 58.2 Å². The number of likely N-dealkylation sites (tertiary alicyclic amines) is 1. The molecule has 0 saturated carbocycles. The van der Waals surface area contributed by atoms with Crippen LogP contribution in [0.3, 0.4) is 0 Å². The third-order valence-electron chi connectivity index (χ3n) is 15.5. The predicted molar refractivity (Wildman–Crippen MR) is 317 cm³/mol. The van der Waals surface area contributed by atoms with Gasteiger partial charge in [-0.3, -0.25) is 47.9 Å². The second-order valence-corrected chi connectivity index (χ2v) is 25.2. The van der Waals surface area contributed by atoms with Gasteiger partial charge in [-0.25, -0.2) is 0 Å². The number of amides is 9. The second kappa shape index (κ2) is 36.5. The van der Waals surface area contributed by atoms with Crippen molar-refractivity contribution in [3.05, 3.63) is 0 Å². The molecule has 0 radical (unpaired) electrons. The Hall–Kier alpha value is -5.22. The molecule has 11 unspecified atom stereocenters. The van der Waals surface area contributed by atoms with E-state index >= 15 is 0 Å². The molecule has 11 atom stereocenters. The van der Waals surface area contributed by atoms with Crippen LogP contribution in [0, 0.1) is 29.6 Å². The molecule has 0 aromatic heterocycles. The first-order valence-corrected chi connectivity index (χ1v) is 30.4. The van der Waals surface area contributed by atoms with Gasteiger partial charge in [-0.05, 0) is 104 Å². The van der Waals surface area contributed by atoms with Gasteiger partial charge in [0, 0.05) is 44.4 Å². The van der Waals surface area contributed by atoms with Crippen LogP contribution in [-0.2, 0) is 47.9 Å². The summed E-state index contributed by atoms with van der Waals surface area (Å²) in [5.41, 5.74) is -2.96. The van der Waals surface area contributed by atoms with Gasteiger partial charge < -0.3 is 62.5 Å². The third kappa shape index (κ3) is 25.7. The number of ketones is 1. The molecule has 0 aromatic carbocycles. The number of nitrogens with zero attached hydrogens (tertiary/aromatic N) is 2. The topological polar surface area (TPSA) is 314 Å². The summed E-state index contributed by atoms with van der Waals surface area (Å²) in [5.74, 6) is -7.59. The van der Waals surface area contributed by atoms with Gasteiger partial charge in [-0.15, -0.1) is 0 Å². The highest BCUT2D eigenvalue weighted by Crippen LogP contribution is 2.24. The van der Waals surface area contributed by atoms with Gasteiger partial charge in [-0.2, -0.15) is 0 Å². The Kier molecular flexibility index (Phi) is 33.3. The van der Waals surface area contributed by atoms with Crippen LogP contribution in [-0.4, -0.2) is 172 Å². The fraction of sp³-hybridized carbons (Fsp3) is 0.833. The summed E-state index contributed by atoms with van der Waals surface area (Å²) < 4.78 is 0. The van der Waals surface area contributed by atoms with Gasteiger partial charge in [0.2, 0.25) is 53.2 Å². The lowest BCUT2D eigenvalue weighted by Gasteiger charge is -2.35. The van der Waals surface area contributed by atoms with Crippen molar-refractivity contribution in [1.29, 1.82) is 0 Å². The molecule has 472 valence electrons. The summed E-state index contributed by atoms with van der Waals surface area (Å²) in [6.45, 7) is 28.3. The van der Waals surface area contributed by atoms with Crippen LogP contribution in [0.4, 0.5) is 0 Å². The minimum Gasteiger partial charge on any atom is -0.395 e. The normalized spacial score (nSPS) is 17.5. The highest BCUT2D eigenvalue weighted by molar-refractivity contribution is 5.99. The first-order chi connectivity index (χ1) is 38.2. The average Bonchev–Trinajstić information content (AvgIpc) is 3.89. The number of nitrogens with one attached hydrogen (secondary N) is 8. The Morgan fingerprint density at radius 3 is 1.73 bits per heavy atom. The largest absolute Gasteiger partial charge is 0.395 e. The van der Waals surface area contributed by atoms with Crippen molar-refractivity contribution in [3.8, 4) is 0 Å². The van der Waals surface area contributed by atoms with Crippen molar-refractivity contribution in [2.45, 2.75) is 260 Å². The zero-order chi connectivity index (χ0) is 62.8. The van der Waals surface area contributed by atoms with Crippen LogP contribution in [0.1, 0.15) is 201 Å². The molecule has 0 bridgehead atoms. The molecule has 1 rings (SSSR count). The quantitative estimate of drug-likeness (QED) is 0.0395. The highest BCUT2D eigenvalue weighted by atomic mass is 16.3. The number of Topliss-reactive ketones (excluding diaryl/α,β-unsaturated/α-hetero) is 1. The monoisotopic (exact) mass is 1160 g/mol. The summed E-state index contributed by atoms with van der Waals surface area (Å²) in [4.78, 5) is 141. The number of rotatable bonds is 39. The van der Waals surface area contributed by atoms with Gasteiger partial charge >= 0.3 is 0 Å². The average molecular weight is 1160 g/mol. The van der Waals surface area contributed by atoms with E-state index < -0.39 is 118 Å². The molecule has 1 saturated heterocycles. The van der Waals surface area contributed by atoms with Gasteiger partial charge in [-0.1, -0.05) is 114 Å². The van der Waals surface area contributed by atoms with Crippen molar-refractivity contribution < 1.29 is 58.2 Å². The Morgan fingerprint density at radius 1 is 0.634 bits per heavy atom. The fourth-order valence-corrected chi connectivity index (χ4v) is 9.93. The lowest BCUT2D eigenvalue weighted by molar-refractivity contribution is -0.142. The first-order valence-electron chi connectivity index (χ1n) is 30.4. The van der Waals surface area contributed by atoms with Crippen LogP contribution in [0.5, 0.6) is 0 Å². The molecule has 9 amide bonds. The van der Waals surface area contributed by atoms with E-state index in [0.29, 0.717) is 45.3 Å². The van der Waals surface area contributed by atoms with Crippen LogP contribution < -0.4 is 42.5 Å². The molecule has 1 aliphatic heterocycles. The minimum atomic E-state index is -1.57. The Bertz CT molecular complexity index is 2090. The van der Waals surface area contributed by atoms with Crippen molar-refractivity contribution in [2.24, 2.45) is 29.6 Å². The number of aliphatic hydroxyl groups is 2. The Labute approximate surface area is 490 Å². The Balaban J connectivity index is 3.27. The number of aliphatic hydroxyl groups excluding tert-OH is 2. The molecule has 82 heavy (non-hydrogen) atoms. The molecule has 0 aromatic rings. The summed E-state index contributed by atoms with van der Waals surface area (Å²) >= 11 is 0. The smallest absolute Gasteiger partial charge is 0.246 e. The molecular formula is C60H110N10O12. The van der Waals surface area contributed by atoms with E-state index in [4.69, 9.17) is 0 Å². The maximum atomic E-state index is 14.2. The van der Waals surface area contributed by atoms with Gasteiger partial charge in [0.1, 0.15) is 53.1 Å². The molecule has 1 fully saturated rings. The lowest BCUT2D eigenvalue weighted by Crippen LogP contribution is -2.66. The lowest BCUT2D eigenvalue weighted by atomic mass is 9.92. The molecule has 1 aliphatic rings. The van der Waals surface area contributed by atoms with Crippen LogP contribution in [0.25, 0.3) is 0 Å². The molecular weight excluding hydrogens is 1050 g/mol. The second-order valence-electron chi connectivity index (χ2n) is 25.2. The van der Waals surface area contributed by atoms with E-state index in [1.165, 1.54) is 41.0 Å². The maximum absolute atomic E-state index is 14.2. The number of carbonyl (C=O) groups excluding carboxylic acids is 10. The van der Waals surface area contributed by atoms with E-state index in [2.05, 4.69) is 49.5 Å². The molecule has 0 aliphatic carbocycles. The molecule has 10 N–H and O–H groups in total. The van der Waals surface area contributed by atoms with E-state index in [0.717, 1.165) is 32.1 Å². The predicted octanol–water partition coefficient (Wildman–Crippen LogP) is 3.53. The summed E-state index contributed by atoms with van der Waals surface area (Å²) in [5, 5.41) is 42.1. The fourth-order valence-electron chi connectivity index (χ4n) is 9.93. The van der Waals surface area contributed by atoms with Crippen LogP contribution in [0.15, 0.2) is 0 Å². The van der Waals surface area contributed by atoms with Crippen molar-refractivity contribution in [1.82, 2.24) is 52.3 Å². The highest BCUT2D eigenvalue weighted by Gasteiger charge is 2.42. The maximum Gasteiger partial charge on any atom is 0.246 e. The first kappa shape index (κ1) is 74.8. The van der Waals surface area contributed by atoms with Crippen LogP contribution >= 0.6 is 0 Å². The van der Waals surface area contributed by atoms with Gasteiger partial charge in [0.15, 0.2) is 0 Å². The number of unbranched alkanes of at least 4 members (excludes halogenated alkanes) is 5. The summed E-state index contributed by atoms with van der Waals surface area (Å²) in [7, 11) is 1.80. The van der Waals surface area contributed by atoms with Crippen molar-refractivity contribution in [2.75, 3.05) is 33.3 Å².